The van der Waals surface area contributed by atoms with Gasteiger partial charge in [0, 0.05) is 13.7 Å². The van der Waals surface area contributed by atoms with Crippen molar-refractivity contribution in [2.75, 3.05) is 25.6 Å². The minimum Gasteiger partial charge on any atom is -0.383 e. The number of non-ortho nitro benzene ring substituents is 1. The van der Waals surface area contributed by atoms with Crippen LogP contribution in [0.15, 0.2) is 12.1 Å². The van der Waals surface area contributed by atoms with Gasteiger partial charge in [0.2, 0.25) is 5.91 Å². The summed E-state index contributed by atoms with van der Waals surface area (Å²) < 4.78 is 32.0. The number of amides is 1. The van der Waals surface area contributed by atoms with Gasteiger partial charge < -0.3 is 15.4 Å². The van der Waals surface area contributed by atoms with Gasteiger partial charge >= 0.3 is 0 Å². The highest BCUT2D eigenvalue weighted by molar-refractivity contribution is 5.84. The molecule has 0 aliphatic heterocycles. The van der Waals surface area contributed by atoms with Crippen LogP contribution in [0.5, 0.6) is 0 Å². The normalized spacial score (nSPS) is 11.8. The van der Waals surface area contributed by atoms with Crippen molar-refractivity contribution in [2.45, 2.75) is 13.0 Å². The van der Waals surface area contributed by atoms with Crippen molar-refractivity contribution in [2.24, 2.45) is 0 Å². The molecule has 0 aromatic heterocycles. The second-order valence-electron chi connectivity index (χ2n) is 4.19. The van der Waals surface area contributed by atoms with Crippen LogP contribution < -0.4 is 10.6 Å². The van der Waals surface area contributed by atoms with Crippen molar-refractivity contribution in [1.82, 2.24) is 5.32 Å². The lowest BCUT2D eigenvalue weighted by atomic mass is 10.2. The molecular weight excluding hydrogens is 288 g/mol. The first-order valence-corrected chi connectivity index (χ1v) is 6.03. The third-order valence-corrected chi connectivity index (χ3v) is 2.60. The number of nitrogens with one attached hydrogen (secondary N) is 2. The molecule has 0 bridgehead atoms. The zero-order valence-electron chi connectivity index (χ0n) is 11.5. The van der Waals surface area contributed by atoms with Crippen LogP contribution in [0.2, 0.25) is 0 Å². The van der Waals surface area contributed by atoms with Crippen LogP contribution in [0.1, 0.15) is 6.92 Å². The third kappa shape index (κ3) is 4.63. The van der Waals surface area contributed by atoms with E-state index in [9.17, 15) is 23.7 Å². The highest BCUT2D eigenvalue weighted by Crippen LogP contribution is 2.25. The summed E-state index contributed by atoms with van der Waals surface area (Å²) in [6.45, 7) is 1.97. The van der Waals surface area contributed by atoms with Crippen molar-refractivity contribution in [1.29, 1.82) is 0 Å². The number of ether oxygens (including phenoxy) is 1. The summed E-state index contributed by atoms with van der Waals surface area (Å²) in [6.07, 6.45) is 0. The van der Waals surface area contributed by atoms with E-state index in [-0.39, 0.29) is 6.54 Å². The number of rotatable bonds is 7. The summed E-state index contributed by atoms with van der Waals surface area (Å²) in [4.78, 5) is 21.2. The molecule has 116 valence electrons. The van der Waals surface area contributed by atoms with Gasteiger partial charge in [-0.15, -0.1) is 0 Å². The molecule has 0 spiro atoms. The van der Waals surface area contributed by atoms with Crippen LogP contribution in [0, 0.1) is 21.7 Å². The maximum atomic E-state index is 13.6. The summed E-state index contributed by atoms with van der Waals surface area (Å²) >= 11 is 0. The molecule has 1 amide bonds. The van der Waals surface area contributed by atoms with Gasteiger partial charge in [0.1, 0.15) is 11.7 Å². The number of nitro groups is 1. The van der Waals surface area contributed by atoms with Gasteiger partial charge in [0.25, 0.3) is 5.69 Å². The van der Waals surface area contributed by atoms with Crippen LogP contribution in [0.3, 0.4) is 0 Å². The van der Waals surface area contributed by atoms with E-state index in [2.05, 4.69) is 10.6 Å². The fraction of sp³-hybridized carbons (Fsp3) is 0.417. The summed E-state index contributed by atoms with van der Waals surface area (Å²) in [6, 6.07) is 0.245. The Bertz CT molecular complexity index is 516. The molecule has 0 heterocycles. The minimum absolute atomic E-state index is 0.257. The summed E-state index contributed by atoms with van der Waals surface area (Å²) in [5.74, 6) is -2.76. The Balaban J connectivity index is 2.78. The number of hydrogen-bond acceptors (Lipinski definition) is 5. The fourth-order valence-corrected chi connectivity index (χ4v) is 1.51. The van der Waals surface area contributed by atoms with Gasteiger partial charge in [-0.1, -0.05) is 0 Å². The Morgan fingerprint density at radius 1 is 1.43 bits per heavy atom. The van der Waals surface area contributed by atoms with Crippen LogP contribution in [0.4, 0.5) is 20.2 Å². The third-order valence-electron chi connectivity index (χ3n) is 2.60. The monoisotopic (exact) mass is 303 g/mol. The molecule has 0 fully saturated rings. The van der Waals surface area contributed by atoms with Crippen molar-refractivity contribution in [3.8, 4) is 0 Å². The lowest BCUT2D eigenvalue weighted by Gasteiger charge is -2.16. The predicted molar refractivity (Wildman–Crippen MR) is 71.0 cm³/mol. The molecule has 1 rings (SSSR count). The van der Waals surface area contributed by atoms with E-state index in [1.54, 1.807) is 0 Å². The Morgan fingerprint density at radius 2 is 2.00 bits per heavy atom. The molecule has 2 N–H and O–H groups in total. The molecular formula is C12H15F2N3O4. The Morgan fingerprint density at radius 3 is 2.48 bits per heavy atom. The number of nitro benzene ring substituents is 1. The molecule has 1 atom stereocenters. The number of anilines is 1. The number of halogens is 2. The summed E-state index contributed by atoms with van der Waals surface area (Å²) in [7, 11) is 1.47. The second-order valence-corrected chi connectivity index (χ2v) is 4.19. The van der Waals surface area contributed by atoms with Crippen LogP contribution in [-0.4, -0.2) is 37.1 Å². The largest absolute Gasteiger partial charge is 0.383 e. The van der Waals surface area contributed by atoms with Gasteiger partial charge in [-0.05, 0) is 6.92 Å². The van der Waals surface area contributed by atoms with Gasteiger partial charge in [0.05, 0.1) is 23.7 Å². The lowest BCUT2D eigenvalue weighted by Crippen LogP contribution is -2.39. The van der Waals surface area contributed by atoms with Gasteiger partial charge in [-0.2, -0.15) is 0 Å². The molecule has 7 nitrogen and oxygen atoms in total. The molecule has 0 saturated heterocycles. The highest BCUT2D eigenvalue weighted by Gasteiger charge is 2.20. The summed E-state index contributed by atoms with van der Waals surface area (Å²) in [5.41, 5.74) is -1.29. The predicted octanol–water partition coefficient (Wildman–Crippen LogP) is 1.44. The van der Waals surface area contributed by atoms with Crippen molar-refractivity contribution in [3.05, 3.63) is 33.9 Å². The van der Waals surface area contributed by atoms with E-state index in [0.717, 1.165) is 0 Å². The van der Waals surface area contributed by atoms with E-state index in [1.807, 2.05) is 0 Å². The second kappa shape index (κ2) is 7.48. The topological polar surface area (TPSA) is 93.5 Å². The molecule has 1 unspecified atom stereocenters. The van der Waals surface area contributed by atoms with Gasteiger partial charge in [-0.25, -0.2) is 8.78 Å². The quantitative estimate of drug-likeness (QED) is 0.451. The fourth-order valence-electron chi connectivity index (χ4n) is 1.51. The Hall–Kier alpha value is -2.29. The van der Waals surface area contributed by atoms with Crippen LogP contribution >= 0.6 is 0 Å². The van der Waals surface area contributed by atoms with Crippen LogP contribution in [-0.2, 0) is 9.53 Å². The number of carbonyl (C=O) groups excluding carboxylic acids is 1. The molecule has 0 aliphatic carbocycles. The van der Waals surface area contributed by atoms with Gasteiger partial charge in [-0.3, -0.25) is 14.9 Å². The molecule has 0 saturated carbocycles. The first kappa shape index (κ1) is 16.8. The van der Waals surface area contributed by atoms with E-state index >= 15 is 0 Å². The standard InChI is InChI=1S/C12H15F2N3O4/c1-7(12(18)15-3-4-21-2)16-11-9(13)5-8(17(19)20)6-10(11)14/h5-7,16H,3-4H2,1-2H3,(H,15,18). The maximum Gasteiger partial charge on any atom is 0.275 e. The highest BCUT2D eigenvalue weighted by atomic mass is 19.1. The molecule has 1 aromatic carbocycles. The summed E-state index contributed by atoms with van der Waals surface area (Å²) in [5, 5.41) is 15.3. The number of nitrogens with zero attached hydrogens (tertiary/aromatic N) is 1. The number of benzene rings is 1. The van der Waals surface area contributed by atoms with Crippen LogP contribution in [0.25, 0.3) is 0 Å². The van der Waals surface area contributed by atoms with Gasteiger partial charge in [0.15, 0.2) is 11.6 Å². The van der Waals surface area contributed by atoms with E-state index in [4.69, 9.17) is 4.74 Å². The molecule has 0 aliphatic rings. The molecule has 21 heavy (non-hydrogen) atoms. The number of hydrogen-bond donors (Lipinski definition) is 2. The average molecular weight is 303 g/mol. The Kier molecular flexibility index (Phi) is 5.97. The van der Waals surface area contributed by atoms with Crippen molar-refractivity contribution >= 4 is 17.3 Å². The number of carbonyl (C=O) groups is 1. The van der Waals surface area contributed by atoms with E-state index in [1.165, 1.54) is 14.0 Å². The molecule has 0 radical (unpaired) electrons. The lowest BCUT2D eigenvalue weighted by molar-refractivity contribution is -0.385. The molecule has 9 heteroatoms. The Labute approximate surface area is 119 Å². The van der Waals surface area contributed by atoms with Crippen molar-refractivity contribution < 1.29 is 23.2 Å². The average Bonchev–Trinajstić information content (AvgIpc) is 2.42. The minimum atomic E-state index is -1.14. The smallest absolute Gasteiger partial charge is 0.275 e. The number of methoxy groups -OCH3 is 1. The SMILES string of the molecule is COCCNC(=O)C(C)Nc1c(F)cc([N+](=O)[O-])cc1F. The van der Waals surface area contributed by atoms with E-state index in [0.29, 0.717) is 18.7 Å². The molecule has 1 aromatic rings. The maximum absolute atomic E-state index is 13.6. The zero-order chi connectivity index (χ0) is 16.0. The van der Waals surface area contributed by atoms with Crippen molar-refractivity contribution in [3.63, 3.8) is 0 Å². The first-order valence-electron chi connectivity index (χ1n) is 6.03. The van der Waals surface area contributed by atoms with E-state index < -0.39 is 39.9 Å². The zero-order valence-corrected chi connectivity index (χ0v) is 11.5. The first-order chi connectivity index (χ1) is 9.86.